The molecule has 3 aromatic rings. The number of β-amino-alcohol motifs (C(OH)–C–C–N with tert-alkyl or cyclic N) is 1. The minimum atomic E-state index is -0.303. The molecular weight excluding hydrogens is 398 g/mol. The van der Waals surface area contributed by atoms with Crippen LogP contribution in [0.1, 0.15) is 29.8 Å². The van der Waals surface area contributed by atoms with Gasteiger partial charge in [-0.15, -0.1) is 0 Å². The van der Waals surface area contributed by atoms with Crippen LogP contribution in [0, 0.1) is 0 Å². The normalized spacial score (nSPS) is 17.8. The van der Waals surface area contributed by atoms with Gasteiger partial charge in [-0.25, -0.2) is 9.50 Å². The Labute approximate surface area is 179 Å². The first-order valence-electron chi connectivity index (χ1n) is 10.4. The minimum Gasteiger partial charge on any atom is -0.487 e. The maximum absolute atomic E-state index is 13.0. The second-order valence-electron chi connectivity index (χ2n) is 8.62. The van der Waals surface area contributed by atoms with E-state index in [0.717, 1.165) is 30.8 Å². The third kappa shape index (κ3) is 3.82. The molecule has 31 heavy (non-hydrogen) atoms. The fourth-order valence-corrected chi connectivity index (χ4v) is 4.10. The zero-order valence-electron chi connectivity index (χ0n) is 17.5. The van der Waals surface area contributed by atoms with E-state index in [0.29, 0.717) is 29.2 Å². The van der Waals surface area contributed by atoms with E-state index in [1.165, 1.54) is 6.20 Å². The molecule has 2 aromatic heterocycles. The molecular formula is C22H25N5O4. The van der Waals surface area contributed by atoms with Gasteiger partial charge in [0.05, 0.1) is 18.5 Å². The van der Waals surface area contributed by atoms with E-state index in [-0.39, 0.29) is 24.2 Å². The second kappa shape index (κ2) is 7.51. The van der Waals surface area contributed by atoms with Crippen molar-refractivity contribution in [2.45, 2.75) is 32.0 Å². The number of nitrogens with one attached hydrogen (secondary N) is 1. The maximum Gasteiger partial charge on any atom is 0.261 e. The lowest BCUT2D eigenvalue weighted by atomic mass is 10.0. The summed E-state index contributed by atoms with van der Waals surface area (Å²) in [5.41, 5.74) is 2.21. The monoisotopic (exact) mass is 423 g/mol. The molecule has 2 aliphatic rings. The van der Waals surface area contributed by atoms with Crippen molar-refractivity contribution in [1.29, 1.82) is 0 Å². The Morgan fingerprint density at radius 3 is 3.03 bits per heavy atom. The first-order chi connectivity index (χ1) is 14.9. The number of aliphatic hydroxyl groups excluding tert-OH is 1. The van der Waals surface area contributed by atoms with Crippen LogP contribution in [0.4, 0.5) is 5.69 Å². The predicted octanol–water partition coefficient (Wildman–Crippen LogP) is 1.75. The number of fused-ring (bicyclic) bond motifs is 2. The van der Waals surface area contributed by atoms with Gasteiger partial charge in [-0.2, -0.15) is 5.10 Å². The van der Waals surface area contributed by atoms with Crippen molar-refractivity contribution in [2.24, 2.45) is 0 Å². The van der Waals surface area contributed by atoms with Crippen molar-refractivity contribution >= 4 is 17.2 Å². The van der Waals surface area contributed by atoms with Gasteiger partial charge in [-0.05, 0) is 26.0 Å². The Balaban J connectivity index is 1.42. The van der Waals surface area contributed by atoms with Crippen LogP contribution in [0.25, 0.3) is 5.65 Å². The number of carbonyl (C=O) groups excluding carboxylic acids is 1. The molecule has 1 saturated heterocycles. The van der Waals surface area contributed by atoms with Crippen LogP contribution in [0.15, 0.2) is 36.8 Å². The molecule has 1 aromatic carbocycles. The predicted molar refractivity (Wildman–Crippen MR) is 114 cm³/mol. The summed E-state index contributed by atoms with van der Waals surface area (Å²) in [5, 5.41) is 16.3. The molecule has 0 spiro atoms. The van der Waals surface area contributed by atoms with E-state index < -0.39 is 0 Å². The SMILES string of the molecule is CC1(C)Cc2cc(NC(=O)c3cnn4cccnc34)c(OC3CN(CCO)C3)cc2O1. The molecule has 4 heterocycles. The van der Waals surface area contributed by atoms with Gasteiger partial charge in [-0.1, -0.05) is 0 Å². The molecule has 0 saturated carbocycles. The van der Waals surface area contributed by atoms with E-state index in [4.69, 9.17) is 14.6 Å². The summed E-state index contributed by atoms with van der Waals surface area (Å²) in [4.78, 5) is 19.4. The molecule has 9 nitrogen and oxygen atoms in total. The number of aliphatic hydroxyl groups is 1. The highest BCUT2D eigenvalue weighted by Gasteiger charge is 2.33. The lowest BCUT2D eigenvalue weighted by Gasteiger charge is -2.38. The third-order valence-electron chi connectivity index (χ3n) is 5.57. The average Bonchev–Trinajstić information content (AvgIpc) is 3.25. The van der Waals surface area contributed by atoms with E-state index in [9.17, 15) is 4.79 Å². The van der Waals surface area contributed by atoms with Crippen LogP contribution in [-0.2, 0) is 6.42 Å². The number of likely N-dealkylation sites (tertiary alicyclic amines) is 1. The maximum atomic E-state index is 13.0. The number of carbonyl (C=O) groups is 1. The Morgan fingerprint density at radius 2 is 2.23 bits per heavy atom. The largest absolute Gasteiger partial charge is 0.487 e. The molecule has 0 aliphatic carbocycles. The molecule has 162 valence electrons. The number of amides is 1. The summed E-state index contributed by atoms with van der Waals surface area (Å²) in [5.74, 6) is 1.05. The van der Waals surface area contributed by atoms with Crippen LogP contribution in [0.5, 0.6) is 11.5 Å². The highest BCUT2D eigenvalue weighted by molar-refractivity contribution is 6.08. The summed E-state index contributed by atoms with van der Waals surface area (Å²) in [6, 6.07) is 5.55. The number of rotatable bonds is 6. The van der Waals surface area contributed by atoms with Crippen LogP contribution in [0.3, 0.4) is 0 Å². The van der Waals surface area contributed by atoms with Crippen molar-refractivity contribution in [3.63, 3.8) is 0 Å². The van der Waals surface area contributed by atoms with Crippen molar-refractivity contribution in [2.75, 3.05) is 31.6 Å². The van der Waals surface area contributed by atoms with Crippen LogP contribution in [-0.4, -0.2) is 68.5 Å². The average molecular weight is 423 g/mol. The smallest absolute Gasteiger partial charge is 0.261 e. The van der Waals surface area contributed by atoms with Crippen molar-refractivity contribution in [3.05, 3.63) is 47.9 Å². The van der Waals surface area contributed by atoms with Gasteiger partial charge in [0, 0.05) is 50.1 Å². The Morgan fingerprint density at radius 1 is 1.39 bits per heavy atom. The van der Waals surface area contributed by atoms with Gasteiger partial charge >= 0.3 is 0 Å². The standard InChI is InChI=1S/C22H25N5O4/c1-22(2)10-14-8-17(25-21(29)16-11-24-27-5-3-4-23-20(16)27)19(9-18(14)31-22)30-15-12-26(13-15)6-7-28/h3-5,8-9,11,15,28H,6-7,10,12-13H2,1-2H3,(H,25,29). The van der Waals surface area contributed by atoms with Crippen LogP contribution in [0.2, 0.25) is 0 Å². The van der Waals surface area contributed by atoms with Crippen molar-refractivity contribution in [1.82, 2.24) is 19.5 Å². The fraction of sp³-hybridized carbons (Fsp3) is 0.409. The van der Waals surface area contributed by atoms with E-state index >= 15 is 0 Å². The summed E-state index contributed by atoms with van der Waals surface area (Å²) in [6.07, 6.45) is 5.63. The summed E-state index contributed by atoms with van der Waals surface area (Å²) in [6.45, 7) is 6.30. The van der Waals surface area contributed by atoms with Gasteiger partial charge in [0.15, 0.2) is 5.65 Å². The first-order valence-corrected chi connectivity index (χ1v) is 10.4. The number of hydrogen-bond donors (Lipinski definition) is 2. The topological polar surface area (TPSA) is 101 Å². The first kappa shape index (κ1) is 19.8. The summed E-state index contributed by atoms with van der Waals surface area (Å²) in [7, 11) is 0. The fourth-order valence-electron chi connectivity index (χ4n) is 4.10. The second-order valence-corrected chi connectivity index (χ2v) is 8.62. The molecule has 9 heteroatoms. The van der Waals surface area contributed by atoms with Gasteiger partial charge in [0.1, 0.15) is 28.8 Å². The Hall–Kier alpha value is -3.17. The Bertz CT molecular complexity index is 1140. The zero-order chi connectivity index (χ0) is 21.6. The van der Waals surface area contributed by atoms with E-state index in [2.05, 4.69) is 20.3 Å². The Kier molecular flexibility index (Phi) is 4.79. The molecule has 1 fully saturated rings. The van der Waals surface area contributed by atoms with Gasteiger partial charge in [0.25, 0.3) is 5.91 Å². The number of ether oxygens (including phenoxy) is 2. The highest BCUT2D eigenvalue weighted by Crippen LogP contribution is 2.42. The van der Waals surface area contributed by atoms with Gasteiger partial charge < -0.3 is 19.9 Å². The van der Waals surface area contributed by atoms with Crippen molar-refractivity contribution in [3.8, 4) is 11.5 Å². The number of aromatic nitrogens is 3. The molecule has 0 atom stereocenters. The molecule has 0 unspecified atom stereocenters. The van der Waals surface area contributed by atoms with Crippen LogP contribution < -0.4 is 14.8 Å². The summed E-state index contributed by atoms with van der Waals surface area (Å²) < 4.78 is 13.8. The van der Waals surface area contributed by atoms with Gasteiger partial charge in [0.2, 0.25) is 0 Å². The van der Waals surface area contributed by atoms with Gasteiger partial charge in [-0.3, -0.25) is 9.69 Å². The lowest BCUT2D eigenvalue weighted by Crippen LogP contribution is -2.54. The number of benzene rings is 1. The van der Waals surface area contributed by atoms with Crippen LogP contribution >= 0.6 is 0 Å². The molecule has 1 amide bonds. The van der Waals surface area contributed by atoms with Crippen molar-refractivity contribution < 1.29 is 19.4 Å². The molecule has 2 N–H and O–H groups in total. The number of nitrogens with zero attached hydrogens (tertiary/aromatic N) is 4. The zero-order valence-corrected chi connectivity index (χ0v) is 17.5. The quantitative estimate of drug-likeness (QED) is 0.623. The number of hydrogen-bond acceptors (Lipinski definition) is 7. The summed E-state index contributed by atoms with van der Waals surface area (Å²) >= 11 is 0. The third-order valence-corrected chi connectivity index (χ3v) is 5.57. The van der Waals surface area contributed by atoms with E-state index in [1.807, 2.05) is 26.0 Å². The molecule has 0 bridgehead atoms. The lowest BCUT2D eigenvalue weighted by molar-refractivity contribution is 0.0109. The molecule has 0 radical (unpaired) electrons. The number of anilines is 1. The highest BCUT2D eigenvalue weighted by atomic mass is 16.5. The van der Waals surface area contributed by atoms with E-state index in [1.54, 1.807) is 23.0 Å². The molecule has 2 aliphatic heterocycles. The minimum absolute atomic E-state index is 0.00619. The molecule has 5 rings (SSSR count).